The monoisotopic (exact) mass is 424 g/mol. The summed E-state index contributed by atoms with van der Waals surface area (Å²) < 4.78 is 19.0. The van der Waals surface area contributed by atoms with Crippen LogP contribution in [0.4, 0.5) is 4.39 Å². The van der Waals surface area contributed by atoms with Crippen LogP contribution in [0.15, 0.2) is 60.9 Å². The molecule has 162 valence electrons. The van der Waals surface area contributed by atoms with Crippen LogP contribution in [0.25, 0.3) is 22.2 Å². The lowest BCUT2D eigenvalue weighted by molar-refractivity contribution is 0.0953. The lowest BCUT2D eigenvalue weighted by Gasteiger charge is -2.12. The normalized spacial score (nSPS) is 11.0. The van der Waals surface area contributed by atoms with E-state index in [1.54, 1.807) is 42.6 Å². The third kappa shape index (κ3) is 5.93. The molecule has 31 heavy (non-hydrogen) atoms. The van der Waals surface area contributed by atoms with Crippen LogP contribution in [0.5, 0.6) is 5.75 Å². The number of nitrogens with two attached hydrogens (primary N) is 1. The number of carbonyl (C=O) groups is 1. The molecule has 1 aromatic heterocycles. The van der Waals surface area contributed by atoms with Crippen molar-refractivity contribution in [2.75, 3.05) is 26.3 Å². The maximum absolute atomic E-state index is 13.3. The third-order valence-corrected chi connectivity index (χ3v) is 4.52. The van der Waals surface area contributed by atoms with E-state index in [2.05, 4.69) is 15.6 Å². The summed E-state index contributed by atoms with van der Waals surface area (Å²) in [4.78, 5) is 17.2. The van der Waals surface area contributed by atoms with Crippen LogP contribution in [0.1, 0.15) is 16.8 Å². The quantitative estimate of drug-likeness (QED) is 0.373. The maximum Gasteiger partial charge on any atom is 0.251 e. The summed E-state index contributed by atoms with van der Waals surface area (Å²) >= 11 is 0. The molecular weight excluding hydrogens is 399 g/mol. The van der Waals surface area contributed by atoms with Crippen LogP contribution >= 0.6 is 0 Å². The van der Waals surface area contributed by atoms with Gasteiger partial charge in [-0.1, -0.05) is 0 Å². The smallest absolute Gasteiger partial charge is 0.251 e. The zero-order chi connectivity index (χ0) is 22.1. The van der Waals surface area contributed by atoms with Crippen LogP contribution < -0.4 is 21.1 Å². The molecule has 0 radical (unpaired) electrons. The second kappa shape index (κ2) is 10.9. The Balaban J connectivity index is 1.85. The first-order valence-corrected chi connectivity index (χ1v) is 9.95. The molecule has 3 rings (SSSR count). The molecule has 7 nitrogen and oxygen atoms in total. The lowest BCUT2D eigenvalue weighted by atomic mass is 10.1. The number of benzene rings is 2. The van der Waals surface area contributed by atoms with E-state index in [1.165, 1.54) is 18.3 Å². The van der Waals surface area contributed by atoms with Crippen molar-refractivity contribution >= 4 is 16.8 Å². The fourth-order valence-corrected chi connectivity index (χ4v) is 3.03. The van der Waals surface area contributed by atoms with Crippen LogP contribution in [0, 0.1) is 5.82 Å². The molecule has 0 atom stereocenters. The van der Waals surface area contributed by atoms with Crippen molar-refractivity contribution in [2.45, 2.75) is 6.42 Å². The zero-order valence-electron chi connectivity index (χ0n) is 17.0. The van der Waals surface area contributed by atoms with Gasteiger partial charge in [0.25, 0.3) is 5.91 Å². The number of aromatic nitrogens is 1. The Morgan fingerprint density at radius 3 is 2.71 bits per heavy atom. The van der Waals surface area contributed by atoms with Gasteiger partial charge in [0.2, 0.25) is 0 Å². The van der Waals surface area contributed by atoms with Crippen molar-refractivity contribution in [1.29, 1.82) is 0 Å². The van der Waals surface area contributed by atoms with Crippen LogP contribution in [0.3, 0.4) is 0 Å². The summed E-state index contributed by atoms with van der Waals surface area (Å²) in [6, 6.07) is 12.9. The van der Waals surface area contributed by atoms with Crippen molar-refractivity contribution in [2.24, 2.45) is 5.73 Å². The number of nitrogens with one attached hydrogen (secondary N) is 2. The summed E-state index contributed by atoms with van der Waals surface area (Å²) in [7, 11) is 0. The van der Waals surface area contributed by atoms with Gasteiger partial charge in [0.1, 0.15) is 18.2 Å². The Morgan fingerprint density at radius 1 is 1.16 bits per heavy atom. The van der Waals surface area contributed by atoms with Crippen molar-refractivity contribution in [3.8, 4) is 17.0 Å². The highest BCUT2D eigenvalue weighted by atomic mass is 19.1. The number of aliphatic hydroxyl groups excluding tert-OH is 1. The molecule has 0 bridgehead atoms. The van der Waals surface area contributed by atoms with Gasteiger partial charge in [-0.2, -0.15) is 0 Å². The standard InChI is InChI=1S/C23H25FN4O3/c24-18-5-2-16(3-6-18)20-15-22(31-13-12-29)19-7-4-17(14-21(19)28-20)23(30)27-10-1-9-26-11-8-25/h2-8,11,14-15,26,29H,1,9-10,12-13,25H2,(H,27,30)/b11-8-. The average molecular weight is 424 g/mol. The van der Waals surface area contributed by atoms with Gasteiger partial charge in [0.05, 0.1) is 17.8 Å². The van der Waals surface area contributed by atoms with E-state index in [4.69, 9.17) is 15.6 Å². The SMILES string of the molecule is N/C=C\NCCCNC(=O)c1ccc2c(OCCO)cc(-c3ccc(F)cc3)nc2c1. The number of nitrogens with zero attached hydrogens (tertiary/aromatic N) is 1. The lowest BCUT2D eigenvalue weighted by Crippen LogP contribution is -2.26. The van der Waals surface area contributed by atoms with E-state index < -0.39 is 0 Å². The molecule has 3 aromatic rings. The van der Waals surface area contributed by atoms with E-state index in [9.17, 15) is 9.18 Å². The molecule has 0 fully saturated rings. The second-order valence-corrected chi connectivity index (χ2v) is 6.74. The van der Waals surface area contributed by atoms with E-state index in [-0.39, 0.29) is 24.9 Å². The van der Waals surface area contributed by atoms with Crippen molar-refractivity contribution in [1.82, 2.24) is 15.6 Å². The Morgan fingerprint density at radius 2 is 1.97 bits per heavy atom. The van der Waals surface area contributed by atoms with E-state index in [0.29, 0.717) is 46.6 Å². The van der Waals surface area contributed by atoms with Gasteiger partial charge in [-0.05, 0) is 48.9 Å². The van der Waals surface area contributed by atoms with Crippen LogP contribution in [-0.2, 0) is 0 Å². The highest BCUT2D eigenvalue weighted by molar-refractivity contribution is 5.99. The minimum absolute atomic E-state index is 0.123. The number of amides is 1. The summed E-state index contributed by atoms with van der Waals surface area (Å²) in [5, 5.41) is 15.7. The summed E-state index contributed by atoms with van der Waals surface area (Å²) in [6.07, 6.45) is 3.81. The molecule has 0 aliphatic rings. The molecule has 0 unspecified atom stereocenters. The Hall–Kier alpha value is -3.65. The molecule has 5 N–H and O–H groups in total. The fourth-order valence-electron chi connectivity index (χ4n) is 3.03. The molecule has 1 amide bonds. The second-order valence-electron chi connectivity index (χ2n) is 6.74. The molecule has 2 aromatic carbocycles. The number of rotatable bonds is 10. The fraction of sp³-hybridized carbons (Fsp3) is 0.217. The first-order valence-electron chi connectivity index (χ1n) is 9.95. The number of fused-ring (bicyclic) bond motifs is 1. The molecule has 0 saturated carbocycles. The largest absolute Gasteiger partial charge is 0.490 e. The van der Waals surface area contributed by atoms with Gasteiger partial charge in [-0.3, -0.25) is 4.79 Å². The molecule has 0 saturated heterocycles. The predicted molar refractivity (Wildman–Crippen MR) is 118 cm³/mol. The van der Waals surface area contributed by atoms with Gasteiger partial charge in [-0.15, -0.1) is 0 Å². The van der Waals surface area contributed by atoms with Crippen molar-refractivity contribution in [3.05, 3.63) is 72.3 Å². The average Bonchev–Trinajstić information content (AvgIpc) is 2.79. The summed E-state index contributed by atoms with van der Waals surface area (Å²) in [5.74, 6) is -0.0121. The van der Waals surface area contributed by atoms with Gasteiger partial charge >= 0.3 is 0 Å². The van der Waals surface area contributed by atoms with Crippen LogP contribution in [0.2, 0.25) is 0 Å². The Bertz CT molecular complexity index is 1050. The summed E-state index contributed by atoms with van der Waals surface area (Å²) in [5.41, 5.74) is 7.58. The maximum atomic E-state index is 13.3. The zero-order valence-corrected chi connectivity index (χ0v) is 17.0. The Labute approximate surface area is 179 Å². The van der Waals surface area contributed by atoms with Crippen LogP contribution in [-0.4, -0.2) is 42.3 Å². The highest BCUT2D eigenvalue weighted by Gasteiger charge is 2.12. The van der Waals surface area contributed by atoms with E-state index >= 15 is 0 Å². The molecule has 8 heteroatoms. The predicted octanol–water partition coefficient (Wildman–Crippen LogP) is 2.55. The minimum Gasteiger partial charge on any atom is -0.490 e. The highest BCUT2D eigenvalue weighted by Crippen LogP contribution is 2.31. The van der Waals surface area contributed by atoms with Gasteiger partial charge in [0, 0.05) is 48.1 Å². The number of ether oxygens (including phenoxy) is 1. The topological polar surface area (TPSA) is 110 Å². The molecular formula is C23H25FN4O3. The molecule has 0 aliphatic heterocycles. The number of halogens is 1. The van der Waals surface area contributed by atoms with Gasteiger partial charge < -0.3 is 26.2 Å². The first kappa shape index (κ1) is 22.0. The minimum atomic E-state index is -0.338. The molecule has 0 spiro atoms. The van der Waals surface area contributed by atoms with Crippen molar-refractivity contribution < 1.29 is 19.0 Å². The van der Waals surface area contributed by atoms with Gasteiger partial charge in [-0.25, -0.2) is 9.37 Å². The number of pyridine rings is 1. The third-order valence-electron chi connectivity index (χ3n) is 4.52. The number of hydrogen-bond acceptors (Lipinski definition) is 6. The number of hydrogen-bond donors (Lipinski definition) is 4. The summed E-state index contributed by atoms with van der Waals surface area (Å²) in [6.45, 7) is 1.19. The Kier molecular flexibility index (Phi) is 7.78. The van der Waals surface area contributed by atoms with Crippen molar-refractivity contribution in [3.63, 3.8) is 0 Å². The molecule has 0 aliphatic carbocycles. The number of carbonyl (C=O) groups excluding carboxylic acids is 1. The van der Waals surface area contributed by atoms with Gasteiger partial charge in [0.15, 0.2) is 0 Å². The first-order chi connectivity index (χ1) is 15.1. The number of aliphatic hydroxyl groups is 1. The molecule has 1 heterocycles. The van der Waals surface area contributed by atoms with E-state index in [1.807, 2.05) is 0 Å². The van der Waals surface area contributed by atoms with E-state index in [0.717, 1.165) is 6.42 Å².